The van der Waals surface area contributed by atoms with E-state index < -0.39 is 10.0 Å². The number of H-pyrrole nitrogens is 1. The third-order valence-electron chi connectivity index (χ3n) is 2.27. The van der Waals surface area contributed by atoms with Crippen molar-refractivity contribution < 1.29 is 8.42 Å². The molecule has 1 aromatic rings. The van der Waals surface area contributed by atoms with Gasteiger partial charge in [0.25, 0.3) is 0 Å². The van der Waals surface area contributed by atoms with Crippen LogP contribution in [0.4, 0.5) is 0 Å². The van der Waals surface area contributed by atoms with Crippen molar-refractivity contribution in [3.05, 3.63) is 11.4 Å². The van der Waals surface area contributed by atoms with E-state index >= 15 is 0 Å². The van der Waals surface area contributed by atoms with Gasteiger partial charge in [0.05, 0.1) is 11.4 Å². The van der Waals surface area contributed by atoms with Gasteiger partial charge in [0, 0.05) is 19.6 Å². The first kappa shape index (κ1) is 13.1. The average molecular weight is 246 g/mol. The fourth-order valence-corrected chi connectivity index (χ4v) is 3.17. The third kappa shape index (κ3) is 2.42. The first-order valence-electron chi connectivity index (χ1n) is 5.00. The van der Waals surface area contributed by atoms with Crippen LogP contribution in [-0.2, 0) is 10.0 Å². The molecular formula is C9H18N4O2S. The van der Waals surface area contributed by atoms with Gasteiger partial charge < -0.3 is 5.73 Å². The van der Waals surface area contributed by atoms with Crippen LogP contribution >= 0.6 is 0 Å². The second kappa shape index (κ2) is 4.52. The van der Waals surface area contributed by atoms with Crippen LogP contribution in [0.2, 0.25) is 0 Å². The highest BCUT2D eigenvalue weighted by atomic mass is 32.2. The van der Waals surface area contributed by atoms with Crippen LogP contribution in [-0.4, -0.2) is 42.6 Å². The van der Waals surface area contributed by atoms with Gasteiger partial charge >= 0.3 is 0 Å². The summed E-state index contributed by atoms with van der Waals surface area (Å²) < 4.78 is 25.6. The van der Waals surface area contributed by atoms with Crippen LogP contribution in [0.5, 0.6) is 0 Å². The Morgan fingerprint density at radius 1 is 1.50 bits per heavy atom. The van der Waals surface area contributed by atoms with Crippen LogP contribution in [0, 0.1) is 13.8 Å². The third-order valence-corrected chi connectivity index (χ3v) is 4.36. The van der Waals surface area contributed by atoms with Crippen LogP contribution < -0.4 is 5.73 Å². The highest BCUT2D eigenvalue weighted by Crippen LogP contribution is 2.20. The molecule has 0 aliphatic heterocycles. The van der Waals surface area contributed by atoms with Gasteiger partial charge in [-0.3, -0.25) is 5.10 Å². The summed E-state index contributed by atoms with van der Waals surface area (Å²) in [7, 11) is -1.97. The molecule has 1 rings (SSSR count). The lowest BCUT2D eigenvalue weighted by Crippen LogP contribution is -2.37. The van der Waals surface area contributed by atoms with Crippen molar-refractivity contribution in [2.75, 3.05) is 13.6 Å². The molecule has 92 valence electrons. The monoisotopic (exact) mass is 246 g/mol. The van der Waals surface area contributed by atoms with Crippen LogP contribution in [0.25, 0.3) is 0 Å². The van der Waals surface area contributed by atoms with E-state index in [9.17, 15) is 8.42 Å². The lowest BCUT2D eigenvalue weighted by atomic mass is 10.4. The summed E-state index contributed by atoms with van der Waals surface area (Å²) in [6.45, 7) is 5.40. The molecule has 0 saturated heterocycles. The molecule has 0 saturated carbocycles. The molecule has 0 aromatic carbocycles. The largest absolute Gasteiger partial charge is 0.327 e. The summed E-state index contributed by atoms with van der Waals surface area (Å²) in [6.07, 6.45) is 0. The number of likely N-dealkylation sites (N-methyl/N-ethyl adjacent to an activating group) is 1. The van der Waals surface area contributed by atoms with Crippen LogP contribution in [0.3, 0.4) is 0 Å². The Bertz CT molecular complexity index is 444. The van der Waals surface area contributed by atoms with Crippen LogP contribution in [0.15, 0.2) is 4.90 Å². The quantitative estimate of drug-likeness (QED) is 0.782. The van der Waals surface area contributed by atoms with Gasteiger partial charge in [-0.2, -0.15) is 9.40 Å². The molecule has 1 unspecified atom stereocenters. The van der Waals surface area contributed by atoms with Crippen molar-refractivity contribution in [3.63, 3.8) is 0 Å². The Morgan fingerprint density at radius 2 is 2.06 bits per heavy atom. The number of nitrogens with zero attached hydrogens (tertiary/aromatic N) is 2. The summed E-state index contributed by atoms with van der Waals surface area (Å²) in [5, 5.41) is 6.55. The van der Waals surface area contributed by atoms with E-state index in [-0.39, 0.29) is 17.5 Å². The lowest BCUT2D eigenvalue weighted by Gasteiger charge is -2.19. The molecule has 1 atom stereocenters. The van der Waals surface area contributed by atoms with Gasteiger partial charge in [0.2, 0.25) is 10.0 Å². The molecule has 0 spiro atoms. The summed E-state index contributed by atoms with van der Waals surface area (Å²) >= 11 is 0. The number of aromatic amines is 1. The van der Waals surface area contributed by atoms with Crippen molar-refractivity contribution in [1.29, 1.82) is 0 Å². The lowest BCUT2D eigenvalue weighted by molar-refractivity contribution is 0.444. The fourth-order valence-electron chi connectivity index (χ4n) is 1.58. The SMILES string of the molecule is Cc1n[nH]c(C)c1S(=O)(=O)N(C)CC(C)N. The summed E-state index contributed by atoms with van der Waals surface area (Å²) in [4.78, 5) is 0.246. The van der Waals surface area contributed by atoms with Gasteiger partial charge in [-0.05, 0) is 20.8 Å². The second-order valence-electron chi connectivity index (χ2n) is 4.03. The Kier molecular flexibility index (Phi) is 3.72. The smallest absolute Gasteiger partial charge is 0.246 e. The van der Waals surface area contributed by atoms with Crippen molar-refractivity contribution >= 4 is 10.0 Å². The number of sulfonamides is 1. The number of aryl methyl sites for hydroxylation is 2. The molecule has 0 fully saturated rings. The molecule has 16 heavy (non-hydrogen) atoms. The van der Waals surface area contributed by atoms with Gasteiger partial charge in [0.15, 0.2) is 0 Å². The maximum absolute atomic E-state index is 12.2. The molecule has 0 radical (unpaired) electrons. The molecule has 0 amide bonds. The van der Waals surface area contributed by atoms with E-state index in [2.05, 4.69) is 10.2 Å². The number of aromatic nitrogens is 2. The van der Waals surface area contributed by atoms with E-state index in [0.29, 0.717) is 11.4 Å². The van der Waals surface area contributed by atoms with Crippen molar-refractivity contribution in [2.24, 2.45) is 5.73 Å². The number of nitrogens with one attached hydrogen (secondary N) is 1. The van der Waals surface area contributed by atoms with E-state index in [1.54, 1.807) is 20.8 Å². The van der Waals surface area contributed by atoms with Gasteiger partial charge in [-0.1, -0.05) is 0 Å². The minimum absolute atomic E-state index is 0.202. The second-order valence-corrected chi connectivity index (χ2v) is 6.01. The van der Waals surface area contributed by atoms with Crippen molar-refractivity contribution in [3.8, 4) is 0 Å². The number of hydrogen-bond acceptors (Lipinski definition) is 4. The first-order chi connectivity index (χ1) is 7.26. The van der Waals surface area contributed by atoms with E-state index in [1.807, 2.05) is 0 Å². The van der Waals surface area contributed by atoms with Gasteiger partial charge in [-0.15, -0.1) is 0 Å². The topological polar surface area (TPSA) is 92.1 Å². The average Bonchev–Trinajstić information content (AvgIpc) is 2.45. The molecular weight excluding hydrogens is 228 g/mol. The highest BCUT2D eigenvalue weighted by molar-refractivity contribution is 7.89. The Morgan fingerprint density at radius 3 is 2.44 bits per heavy atom. The van der Waals surface area contributed by atoms with Crippen molar-refractivity contribution in [2.45, 2.75) is 31.7 Å². The minimum atomic E-state index is -3.49. The van der Waals surface area contributed by atoms with E-state index in [0.717, 1.165) is 0 Å². The molecule has 7 heteroatoms. The fraction of sp³-hybridized carbons (Fsp3) is 0.667. The molecule has 0 aliphatic carbocycles. The maximum Gasteiger partial charge on any atom is 0.246 e. The molecule has 6 nitrogen and oxygen atoms in total. The van der Waals surface area contributed by atoms with E-state index in [4.69, 9.17) is 5.73 Å². The number of rotatable bonds is 4. The molecule has 0 bridgehead atoms. The number of nitrogens with two attached hydrogens (primary N) is 1. The molecule has 1 heterocycles. The minimum Gasteiger partial charge on any atom is -0.327 e. The number of hydrogen-bond donors (Lipinski definition) is 2. The van der Waals surface area contributed by atoms with Gasteiger partial charge in [-0.25, -0.2) is 8.42 Å². The summed E-state index contributed by atoms with van der Waals surface area (Å²) in [6, 6.07) is -0.202. The zero-order valence-electron chi connectivity index (χ0n) is 9.98. The molecule has 3 N–H and O–H groups in total. The molecule has 0 aliphatic rings. The van der Waals surface area contributed by atoms with Crippen LogP contribution in [0.1, 0.15) is 18.3 Å². The van der Waals surface area contributed by atoms with Crippen molar-refractivity contribution in [1.82, 2.24) is 14.5 Å². The maximum atomic E-state index is 12.2. The standard InChI is InChI=1S/C9H18N4O2S/c1-6(10)5-13(4)16(14,15)9-7(2)11-12-8(9)3/h6H,5,10H2,1-4H3,(H,11,12). The normalized spacial score (nSPS) is 14.4. The van der Waals surface area contributed by atoms with Gasteiger partial charge in [0.1, 0.15) is 4.90 Å². The predicted molar refractivity (Wildman–Crippen MR) is 61.5 cm³/mol. The Hall–Kier alpha value is -0.920. The predicted octanol–water partition coefficient (Wildman–Crippen LogP) is -0.00576. The first-order valence-corrected chi connectivity index (χ1v) is 6.44. The molecule has 1 aromatic heterocycles. The summed E-state index contributed by atoms with van der Waals surface area (Å²) in [5.74, 6) is 0. The zero-order valence-corrected chi connectivity index (χ0v) is 10.8. The Balaban J connectivity index is 3.12. The summed E-state index contributed by atoms with van der Waals surface area (Å²) in [5.41, 5.74) is 6.62. The van der Waals surface area contributed by atoms with E-state index in [1.165, 1.54) is 11.4 Å². The Labute approximate surface area is 95.9 Å². The zero-order chi connectivity index (χ0) is 12.5. The highest BCUT2D eigenvalue weighted by Gasteiger charge is 2.27.